The number of benzene rings is 1. The molecule has 1 aromatic rings. The van der Waals surface area contributed by atoms with Crippen molar-refractivity contribution in [1.82, 2.24) is 4.72 Å². The summed E-state index contributed by atoms with van der Waals surface area (Å²) >= 11 is 0. The number of carbonyl (C=O) groups excluding carboxylic acids is 1. The zero-order chi connectivity index (χ0) is 13.9. The Balaban J connectivity index is 3.20. The normalized spacial score (nSPS) is 12.8. The molecular weight excluding hydrogens is 260 g/mol. The minimum atomic E-state index is -1.81. The van der Waals surface area contributed by atoms with Crippen molar-refractivity contribution < 1.29 is 17.8 Å². The van der Waals surface area contributed by atoms with Gasteiger partial charge in [-0.1, -0.05) is 6.92 Å². The molecular formula is C12H15F2NO2S. The van der Waals surface area contributed by atoms with E-state index in [0.717, 1.165) is 6.07 Å². The van der Waals surface area contributed by atoms with Crippen LogP contribution in [-0.4, -0.2) is 16.0 Å². The molecule has 0 spiro atoms. The molecule has 0 aliphatic carbocycles. The predicted molar refractivity (Wildman–Crippen MR) is 65.7 cm³/mol. The molecule has 0 saturated carbocycles. The number of nitrogens with one attached hydrogen (secondary N) is 1. The van der Waals surface area contributed by atoms with Crippen LogP contribution in [0.15, 0.2) is 17.0 Å². The summed E-state index contributed by atoms with van der Waals surface area (Å²) in [7, 11) is -1.81. The number of carbonyl (C=O) groups is 1. The lowest BCUT2D eigenvalue weighted by Gasteiger charge is -2.10. The van der Waals surface area contributed by atoms with Crippen molar-refractivity contribution in [2.45, 2.75) is 38.1 Å². The maximum atomic E-state index is 13.5. The summed E-state index contributed by atoms with van der Waals surface area (Å²) in [4.78, 5) is 11.3. The molecule has 0 heterocycles. The van der Waals surface area contributed by atoms with Crippen molar-refractivity contribution in [3.05, 3.63) is 29.3 Å². The Bertz CT molecular complexity index is 489. The third kappa shape index (κ3) is 3.43. The summed E-state index contributed by atoms with van der Waals surface area (Å²) in [5.74, 6) is -2.30. The monoisotopic (exact) mass is 275 g/mol. The minimum absolute atomic E-state index is 0.103. The highest BCUT2D eigenvalue weighted by Crippen LogP contribution is 2.19. The van der Waals surface area contributed by atoms with Gasteiger partial charge in [0.1, 0.15) is 22.6 Å². The maximum Gasteiger partial charge on any atom is 0.165 e. The Morgan fingerprint density at radius 3 is 2.44 bits per heavy atom. The molecule has 0 amide bonds. The molecule has 0 radical (unpaired) electrons. The molecule has 6 heteroatoms. The van der Waals surface area contributed by atoms with Gasteiger partial charge in [0.2, 0.25) is 0 Å². The third-order valence-electron chi connectivity index (χ3n) is 2.19. The van der Waals surface area contributed by atoms with Crippen molar-refractivity contribution >= 4 is 16.8 Å². The molecule has 0 aromatic heterocycles. The lowest BCUT2D eigenvalue weighted by molar-refractivity contribution is 0.0984. The zero-order valence-corrected chi connectivity index (χ0v) is 11.2. The first-order valence-corrected chi connectivity index (χ1v) is 6.72. The van der Waals surface area contributed by atoms with Crippen LogP contribution in [0.2, 0.25) is 0 Å². The Hall–Kier alpha value is -1.14. The molecule has 1 aromatic carbocycles. The van der Waals surface area contributed by atoms with Crippen molar-refractivity contribution in [1.29, 1.82) is 0 Å². The number of ketones is 1. The van der Waals surface area contributed by atoms with Crippen LogP contribution in [0.25, 0.3) is 0 Å². The Labute approximate surface area is 107 Å². The second-order valence-electron chi connectivity index (χ2n) is 4.08. The molecule has 1 N–H and O–H groups in total. The highest BCUT2D eigenvalue weighted by Gasteiger charge is 2.18. The van der Waals surface area contributed by atoms with E-state index in [1.807, 2.05) is 0 Å². The molecule has 0 bridgehead atoms. The van der Waals surface area contributed by atoms with Crippen LogP contribution in [0.5, 0.6) is 0 Å². The lowest BCUT2D eigenvalue weighted by atomic mass is 10.1. The molecule has 18 heavy (non-hydrogen) atoms. The molecule has 1 unspecified atom stereocenters. The molecule has 1 atom stereocenters. The third-order valence-corrected chi connectivity index (χ3v) is 3.58. The second-order valence-corrected chi connectivity index (χ2v) is 5.29. The van der Waals surface area contributed by atoms with Gasteiger partial charge < -0.3 is 0 Å². The lowest BCUT2D eigenvalue weighted by Crippen LogP contribution is -2.26. The van der Waals surface area contributed by atoms with Crippen molar-refractivity contribution in [3.8, 4) is 0 Å². The summed E-state index contributed by atoms with van der Waals surface area (Å²) in [5.41, 5.74) is -0.229. The van der Waals surface area contributed by atoms with Crippen LogP contribution in [-0.2, 0) is 11.0 Å². The fourth-order valence-corrected chi connectivity index (χ4v) is 2.37. The van der Waals surface area contributed by atoms with Gasteiger partial charge in [-0.05, 0) is 19.9 Å². The molecule has 0 aliphatic rings. The molecule has 0 fully saturated rings. The van der Waals surface area contributed by atoms with Crippen LogP contribution in [0.4, 0.5) is 8.78 Å². The van der Waals surface area contributed by atoms with Gasteiger partial charge in [-0.15, -0.1) is 0 Å². The van der Waals surface area contributed by atoms with E-state index in [4.69, 9.17) is 0 Å². The topological polar surface area (TPSA) is 46.2 Å². The van der Waals surface area contributed by atoms with E-state index in [0.29, 0.717) is 6.07 Å². The van der Waals surface area contributed by atoms with E-state index in [1.165, 1.54) is 0 Å². The molecule has 3 nitrogen and oxygen atoms in total. The molecule has 1 rings (SSSR count). The van der Waals surface area contributed by atoms with E-state index in [9.17, 15) is 17.8 Å². The zero-order valence-electron chi connectivity index (χ0n) is 10.4. The fourth-order valence-electron chi connectivity index (χ4n) is 1.35. The van der Waals surface area contributed by atoms with Gasteiger partial charge in [-0.25, -0.2) is 17.7 Å². The summed E-state index contributed by atoms with van der Waals surface area (Å²) in [6.07, 6.45) is 0.103. The van der Waals surface area contributed by atoms with Gasteiger partial charge in [0.25, 0.3) is 0 Å². The summed E-state index contributed by atoms with van der Waals surface area (Å²) in [5, 5.41) is 0. The minimum Gasteiger partial charge on any atom is -0.294 e. The van der Waals surface area contributed by atoms with Crippen LogP contribution in [0.1, 0.15) is 37.6 Å². The number of Topliss-reactive ketones (excluding diaryl/α,β-unsaturated/α-hetero) is 1. The average Bonchev–Trinajstić information content (AvgIpc) is 2.27. The number of hydrogen-bond acceptors (Lipinski definition) is 2. The number of hydrogen-bond donors (Lipinski definition) is 1. The van der Waals surface area contributed by atoms with E-state index in [1.54, 1.807) is 20.8 Å². The SMILES string of the molecule is CCC(=O)c1cc(S(=O)NC(C)C)c(F)cc1F. The highest BCUT2D eigenvalue weighted by molar-refractivity contribution is 7.83. The van der Waals surface area contributed by atoms with Crippen LogP contribution in [0, 0.1) is 11.6 Å². The van der Waals surface area contributed by atoms with Crippen LogP contribution >= 0.6 is 0 Å². The molecule has 100 valence electrons. The van der Waals surface area contributed by atoms with Gasteiger partial charge in [0.15, 0.2) is 5.78 Å². The van der Waals surface area contributed by atoms with E-state index in [-0.39, 0.29) is 22.9 Å². The first kappa shape index (κ1) is 14.9. The van der Waals surface area contributed by atoms with Gasteiger partial charge >= 0.3 is 0 Å². The summed E-state index contributed by atoms with van der Waals surface area (Å²) in [6.45, 7) is 5.07. The predicted octanol–water partition coefficient (Wildman–Crippen LogP) is 2.58. The number of halogens is 2. The Morgan fingerprint density at radius 2 is 1.94 bits per heavy atom. The summed E-state index contributed by atoms with van der Waals surface area (Å²) in [6, 6.07) is 1.49. The molecule has 0 aliphatic heterocycles. The standard InChI is InChI=1S/C12H15F2NO2S/c1-4-11(16)8-5-12(10(14)6-9(8)13)18(17)15-7(2)3/h5-7,15H,4H2,1-3H3. The first-order valence-electron chi connectivity index (χ1n) is 5.57. The van der Waals surface area contributed by atoms with Crippen LogP contribution < -0.4 is 4.72 Å². The Morgan fingerprint density at radius 1 is 1.33 bits per heavy atom. The van der Waals surface area contributed by atoms with E-state index in [2.05, 4.69) is 4.72 Å². The fraction of sp³-hybridized carbons (Fsp3) is 0.417. The average molecular weight is 275 g/mol. The van der Waals surface area contributed by atoms with Crippen molar-refractivity contribution in [2.24, 2.45) is 0 Å². The van der Waals surface area contributed by atoms with Gasteiger partial charge in [0.05, 0.1) is 10.5 Å². The van der Waals surface area contributed by atoms with Gasteiger partial charge in [-0.3, -0.25) is 4.79 Å². The van der Waals surface area contributed by atoms with Crippen LogP contribution in [0.3, 0.4) is 0 Å². The largest absolute Gasteiger partial charge is 0.294 e. The van der Waals surface area contributed by atoms with E-state index < -0.39 is 28.4 Å². The Kier molecular flexibility index (Phi) is 5.10. The quantitative estimate of drug-likeness (QED) is 0.839. The summed E-state index contributed by atoms with van der Waals surface area (Å²) < 4.78 is 41.3. The highest BCUT2D eigenvalue weighted by atomic mass is 32.2. The van der Waals surface area contributed by atoms with E-state index >= 15 is 0 Å². The first-order chi connectivity index (χ1) is 8.36. The van der Waals surface area contributed by atoms with Crippen molar-refractivity contribution in [3.63, 3.8) is 0 Å². The number of rotatable bonds is 5. The van der Waals surface area contributed by atoms with Crippen molar-refractivity contribution in [2.75, 3.05) is 0 Å². The second kappa shape index (κ2) is 6.15. The smallest absolute Gasteiger partial charge is 0.165 e. The van der Waals surface area contributed by atoms with Gasteiger partial charge in [-0.2, -0.15) is 0 Å². The van der Waals surface area contributed by atoms with Gasteiger partial charge in [0, 0.05) is 18.5 Å². The molecule has 0 saturated heterocycles. The maximum absolute atomic E-state index is 13.5.